The van der Waals surface area contributed by atoms with Gasteiger partial charge in [0.2, 0.25) is 5.91 Å². The quantitative estimate of drug-likeness (QED) is 0.911. The second-order valence-corrected chi connectivity index (χ2v) is 7.22. The molecular formula is C18H22N2OS. The summed E-state index contributed by atoms with van der Waals surface area (Å²) in [5.74, 6) is 0.0832. The van der Waals surface area contributed by atoms with Gasteiger partial charge in [-0.15, -0.1) is 11.3 Å². The van der Waals surface area contributed by atoms with E-state index in [9.17, 15) is 4.79 Å². The third-order valence-corrected chi connectivity index (χ3v) is 5.58. The highest BCUT2D eigenvalue weighted by Crippen LogP contribution is 2.28. The smallest absolute Gasteiger partial charge is 0.230 e. The fourth-order valence-electron chi connectivity index (χ4n) is 2.94. The summed E-state index contributed by atoms with van der Waals surface area (Å²) in [5, 5.41) is 8.65. The Balaban J connectivity index is 1.67. The average molecular weight is 314 g/mol. The molecule has 116 valence electrons. The zero-order valence-electron chi connectivity index (χ0n) is 13.1. The Bertz CT molecular complexity index is 649. The van der Waals surface area contributed by atoms with Gasteiger partial charge in [0.15, 0.2) is 0 Å². The molecule has 0 aliphatic carbocycles. The van der Waals surface area contributed by atoms with E-state index in [1.165, 1.54) is 11.1 Å². The topological polar surface area (TPSA) is 41.1 Å². The molecule has 1 atom stereocenters. The van der Waals surface area contributed by atoms with Crippen LogP contribution in [0.4, 0.5) is 0 Å². The molecule has 0 spiro atoms. The molecule has 1 amide bonds. The molecule has 3 rings (SSSR count). The Morgan fingerprint density at radius 2 is 2.14 bits per heavy atom. The van der Waals surface area contributed by atoms with Crippen LogP contribution in [-0.4, -0.2) is 19.0 Å². The normalized spacial score (nSPS) is 17.8. The van der Waals surface area contributed by atoms with Crippen LogP contribution in [0.15, 0.2) is 41.8 Å². The monoisotopic (exact) mass is 314 g/mol. The average Bonchev–Trinajstić information content (AvgIpc) is 3.07. The zero-order valence-corrected chi connectivity index (χ0v) is 13.9. The van der Waals surface area contributed by atoms with Crippen LogP contribution < -0.4 is 10.6 Å². The predicted molar refractivity (Wildman–Crippen MR) is 91.2 cm³/mol. The summed E-state index contributed by atoms with van der Waals surface area (Å²) in [6, 6.07) is 12.7. The van der Waals surface area contributed by atoms with Crippen LogP contribution in [0.3, 0.4) is 0 Å². The van der Waals surface area contributed by atoms with Crippen LogP contribution in [0.5, 0.6) is 0 Å². The zero-order chi connectivity index (χ0) is 15.6. The standard InChI is InChI=1S/C18H22N2OS/c1-18(2,16-8-5-11-22-16)17(21)20-12-15-14-7-4-3-6-13(14)9-10-19-15/h3-8,11,15,19H,9-10,12H2,1-2H3,(H,20,21). The maximum Gasteiger partial charge on any atom is 0.230 e. The number of hydrogen-bond acceptors (Lipinski definition) is 3. The maximum atomic E-state index is 12.6. The Kier molecular flexibility index (Phi) is 4.32. The predicted octanol–water partition coefficient (Wildman–Crippen LogP) is 3.03. The molecule has 0 saturated carbocycles. The number of fused-ring (bicyclic) bond motifs is 1. The van der Waals surface area contributed by atoms with Gasteiger partial charge in [-0.1, -0.05) is 30.3 Å². The van der Waals surface area contributed by atoms with Crippen LogP contribution in [0.25, 0.3) is 0 Å². The van der Waals surface area contributed by atoms with Crippen molar-refractivity contribution in [3.63, 3.8) is 0 Å². The fourth-order valence-corrected chi connectivity index (χ4v) is 3.78. The second kappa shape index (κ2) is 6.23. The van der Waals surface area contributed by atoms with Gasteiger partial charge in [-0.05, 0) is 49.4 Å². The summed E-state index contributed by atoms with van der Waals surface area (Å²) in [7, 11) is 0. The lowest BCUT2D eigenvalue weighted by molar-refractivity contribution is -0.125. The minimum atomic E-state index is -0.484. The van der Waals surface area contributed by atoms with Crippen LogP contribution >= 0.6 is 11.3 Å². The minimum Gasteiger partial charge on any atom is -0.353 e. The number of thiophene rings is 1. The first-order chi connectivity index (χ1) is 10.6. The number of rotatable bonds is 4. The molecule has 0 fully saturated rings. The Morgan fingerprint density at radius 1 is 1.32 bits per heavy atom. The first-order valence-corrected chi connectivity index (χ1v) is 8.60. The van der Waals surface area contributed by atoms with Crippen molar-refractivity contribution in [2.24, 2.45) is 0 Å². The molecule has 1 unspecified atom stereocenters. The lowest BCUT2D eigenvalue weighted by Gasteiger charge is -2.29. The largest absolute Gasteiger partial charge is 0.353 e. The van der Waals surface area contributed by atoms with Gasteiger partial charge >= 0.3 is 0 Å². The highest BCUT2D eigenvalue weighted by atomic mass is 32.1. The van der Waals surface area contributed by atoms with Crippen LogP contribution in [0.2, 0.25) is 0 Å². The van der Waals surface area contributed by atoms with Gasteiger partial charge in [0, 0.05) is 17.5 Å². The number of hydrogen-bond donors (Lipinski definition) is 2. The van der Waals surface area contributed by atoms with Gasteiger partial charge in [0.25, 0.3) is 0 Å². The van der Waals surface area contributed by atoms with Gasteiger partial charge in [0.1, 0.15) is 0 Å². The molecule has 0 radical (unpaired) electrons. The van der Waals surface area contributed by atoms with Crippen molar-refractivity contribution in [2.45, 2.75) is 31.7 Å². The summed E-state index contributed by atoms with van der Waals surface area (Å²) in [5.41, 5.74) is 2.21. The Morgan fingerprint density at radius 3 is 2.91 bits per heavy atom. The van der Waals surface area contributed by atoms with Crippen molar-refractivity contribution in [3.05, 3.63) is 57.8 Å². The van der Waals surface area contributed by atoms with Gasteiger partial charge in [-0.25, -0.2) is 0 Å². The molecule has 1 aliphatic heterocycles. The fraction of sp³-hybridized carbons (Fsp3) is 0.389. The van der Waals surface area contributed by atoms with Gasteiger partial charge < -0.3 is 10.6 Å². The molecule has 22 heavy (non-hydrogen) atoms. The number of benzene rings is 1. The number of carbonyl (C=O) groups excluding carboxylic acids is 1. The lowest BCUT2D eigenvalue weighted by atomic mass is 9.89. The minimum absolute atomic E-state index is 0.0832. The van der Waals surface area contributed by atoms with Crippen molar-refractivity contribution in [2.75, 3.05) is 13.1 Å². The van der Waals surface area contributed by atoms with Crippen molar-refractivity contribution < 1.29 is 4.79 Å². The van der Waals surface area contributed by atoms with E-state index in [2.05, 4.69) is 34.9 Å². The summed E-state index contributed by atoms with van der Waals surface area (Å²) < 4.78 is 0. The molecule has 2 heterocycles. The van der Waals surface area contributed by atoms with E-state index in [-0.39, 0.29) is 11.9 Å². The SMILES string of the molecule is CC(C)(C(=O)NCC1NCCc2ccccc21)c1cccs1. The van der Waals surface area contributed by atoms with Crippen LogP contribution in [0.1, 0.15) is 35.9 Å². The number of carbonyl (C=O) groups is 1. The van der Waals surface area contributed by atoms with Crippen molar-refractivity contribution in [1.82, 2.24) is 10.6 Å². The summed E-state index contributed by atoms with van der Waals surface area (Å²) in [6.07, 6.45) is 1.06. The van der Waals surface area contributed by atoms with Crippen LogP contribution in [0, 0.1) is 0 Å². The van der Waals surface area contributed by atoms with Crippen molar-refractivity contribution in [1.29, 1.82) is 0 Å². The lowest BCUT2D eigenvalue weighted by Crippen LogP contribution is -2.44. The van der Waals surface area contributed by atoms with E-state index in [1.807, 2.05) is 31.4 Å². The van der Waals surface area contributed by atoms with Gasteiger partial charge in [0.05, 0.1) is 5.41 Å². The third-order valence-electron chi connectivity index (χ3n) is 4.39. The molecule has 2 N–H and O–H groups in total. The van der Waals surface area contributed by atoms with E-state index >= 15 is 0 Å². The number of amides is 1. The van der Waals surface area contributed by atoms with E-state index in [4.69, 9.17) is 0 Å². The van der Waals surface area contributed by atoms with E-state index < -0.39 is 5.41 Å². The van der Waals surface area contributed by atoms with Crippen molar-refractivity contribution in [3.8, 4) is 0 Å². The molecule has 1 aliphatic rings. The summed E-state index contributed by atoms with van der Waals surface area (Å²) >= 11 is 1.63. The van der Waals surface area contributed by atoms with Crippen molar-refractivity contribution >= 4 is 17.2 Å². The van der Waals surface area contributed by atoms with E-state index in [0.717, 1.165) is 17.8 Å². The number of nitrogens with one attached hydrogen (secondary N) is 2. The highest BCUT2D eigenvalue weighted by molar-refractivity contribution is 7.10. The van der Waals surface area contributed by atoms with E-state index in [0.29, 0.717) is 6.54 Å². The molecule has 0 saturated heterocycles. The molecule has 0 bridgehead atoms. The molecule has 4 heteroatoms. The molecule has 3 nitrogen and oxygen atoms in total. The van der Waals surface area contributed by atoms with E-state index in [1.54, 1.807) is 11.3 Å². The van der Waals surface area contributed by atoms with Crippen LogP contribution in [-0.2, 0) is 16.6 Å². The molecule has 2 aromatic rings. The molecule has 1 aromatic carbocycles. The third kappa shape index (κ3) is 2.94. The molecular weight excluding hydrogens is 292 g/mol. The highest BCUT2D eigenvalue weighted by Gasteiger charge is 2.31. The Hall–Kier alpha value is -1.65. The Labute approximate surface area is 135 Å². The van der Waals surface area contributed by atoms with Gasteiger partial charge in [-0.3, -0.25) is 4.79 Å². The first kappa shape index (κ1) is 15.3. The molecule has 1 aromatic heterocycles. The maximum absolute atomic E-state index is 12.6. The van der Waals surface area contributed by atoms with Gasteiger partial charge in [-0.2, -0.15) is 0 Å². The summed E-state index contributed by atoms with van der Waals surface area (Å²) in [6.45, 7) is 5.56. The summed E-state index contributed by atoms with van der Waals surface area (Å²) in [4.78, 5) is 13.7. The first-order valence-electron chi connectivity index (χ1n) is 7.72. The second-order valence-electron chi connectivity index (χ2n) is 6.27.